The van der Waals surface area contributed by atoms with Crippen LogP contribution in [0.1, 0.15) is 28.5 Å². The van der Waals surface area contributed by atoms with Gasteiger partial charge in [-0.1, -0.05) is 54.1 Å². The van der Waals surface area contributed by atoms with E-state index in [-0.39, 0.29) is 6.04 Å². The average molecular weight is 318 g/mol. The molecule has 1 aromatic heterocycles. The van der Waals surface area contributed by atoms with Crippen LogP contribution in [0.25, 0.3) is 0 Å². The Morgan fingerprint density at radius 2 is 1.74 bits per heavy atom. The summed E-state index contributed by atoms with van der Waals surface area (Å²) in [7, 11) is 0. The lowest BCUT2D eigenvalue weighted by molar-refractivity contribution is 0.709. The van der Waals surface area contributed by atoms with Crippen molar-refractivity contribution in [2.45, 2.75) is 19.4 Å². The third-order valence-electron chi connectivity index (χ3n) is 4.20. The van der Waals surface area contributed by atoms with Gasteiger partial charge in [-0.15, -0.1) is 11.3 Å². The molecule has 4 rings (SSSR count). The summed E-state index contributed by atoms with van der Waals surface area (Å²) >= 11 is 1.76. The molecule has 0 bridgehead atoms. The largest absolute Gasteiger partial charge is 0.257 e. The van der Waals surface area contributed by atoms with Gasteiger partial charge in [0.05, 0.1) is 22.3 Å². The molecule has 0 saturated carbocycles. The lowest BCUT2D eigenvalue weighted by Crippen LogP contribution is -2.18. The molecule has 1 aliphatic heterocycles. The zero-order valence-electron chi connectivity index (χ0n) is 13.0. The third kappa shape index (κ3) is 2.80. The lowest BCUT2D eigenvalue weighted by Gasteiger charge is -2.24. The molecular formula is C20H18N2S. The van der Waals surface area contributed by atoms with E-state index in [0.29, 0.717) is 0 Å². The molecule has 0 saturated heterocycles. The molecule has 2 aromatic carbocycles. The summed E-state index contributed by atoms with van der Waals surface area (Å²) in [6.45, 7) is 2.13. The Kier molecular flexibility index (Phi) is 3.72. The smallest absolute Gasteiger partial charge is 0.0832 e. The van der Waals surface area contributed by atoms with Gasteiger partial charge in [-0.05, 0) is 36.1 Å². The molecule has 0 amide bonds. The first-order chi connectivity index (χ1) is 11.3. The minimum absolute atomic E-state index is 0.259. The van der Waals surface area contributed by atoms with E-state index in [2.05, 4.69) is 78.0 Å². The van der Waals surface area contributed by atoms with Gasteiger partial charge >= 0.3 is 0 Å². The van der Waals surface area contributed by atoms with Crippen molar-refractivity contribution in [2.24, 2.45) is 5.10 Å². The Bertz CT molecular complexity index is 805. The van der Waals surface area contributed by atoms with Gasteiger partial charge in [0, 0.05) is 6.42 Å². The molecule has 114 valence electrons. The fourth-order valence-corrected chi connectivity index (χ4v) is 3.69. The number of rotatable bonds is 3. The van der Waals surface area contributed by atoms with Crippen LogP contribution in [-0.4, -0.2) is 5.71 Å². The maximum atomic E-state index is 4.94. The zero-order chi connectivity index (χ0) is 15.6. The van der Waals surface area contributed by atoms with Crippen LogP contribution in [0.4, 0.5) is 5.69 Å². The molecule has 23 heavy (non-hydrogen) atoms. The summed E-state index contributed by atoms with van der Waals surface area (Å²) in [6.07, 6.45) is 0.943. The van der Waals surface area contributed by atoms with Crippen molar-refractivity contribution >= 4 is 22.7 Å². The third-order valence-corrected chi connectivity index (χ3v) is 5.12. The summed E-state index contributed by atoms with van der Waals surface area (Å²) in [5, 5.41) is 9.22. The first-order valence-corrected chi connectivity index (χ1v) is 8.71. The van der Waals surface area contributed by atoms with E-state index in [0.717, 1.165) is 12.1 Å². The second kappa shape index (κ2) is 6.01. The van der Waals surface area contributed by atoms with E-state index in [1.165, 1.54) is 21.7 Å². The van der Waals surface area contributed by atoms with E-state index >= 15 is 0 Å². The topological polar surface area (TPSA) is 15.6 Å². The molecule has 0 unspecified atom stereocenters. The Labute approximate surface area is 140 Å². The van der Waals surface area contributed by atoms with Gasteiger partial charge in [-0.25, -0.2) is 0 Å². The number of benzene rings is 2. The molecule has 2 nitrogen and oxygen atoms in total. The minimum atomic E-state index is 0.259. The molecule has 3 heteroatoms. The van der Waals surface area contributed by atoms with Crippen molar-refractivity contribution in [1.29, 1.82) is 0 Å². The van der Waals surface area contributed by atoms with Gasteiger partial charge in [0.1, 0.15) is 0 Å². The van der Waals surface area contributed by atoms with E-state index in [1.807, 2.05) is 6.07 Å². The normalized spacial score (nSPS) is 17.3. The van der Waals surface area contributed by atoms with Crippen LogP contribution in [-0.2, 0) is 0 Å². The molecule has 0 radical (unpaired) electrons. The van der Waals surface area contributed by atoms with Crippen molar-refractivity contribution < 1.29 is 0 Å². The minimum Gasteiger partial charge on any atom is -0.257 e. The number of anilines is 1. The van der Waals surface area contributed by atoms with Gasteiger partial charge in [-0.2, -0.15) is 5.10 Å². The molecule has 1 atom stereocenters. The van der Waals surface area contributed by atoms with Gasteiger partial charge in [-0.3, -0.25) is 5.01 Å². The van der Waals surface area contributed by atoms with E-state index in [1.54, 1.807) is 11.3 Å². The maximum Gasteiger partial charge on any atom is 0.0832 e. The van der Waals surface area contributed by atoms with E-state index in [9.17, 15) is 0 Å². The van der Waals surface area contributed by atoms with Crippen LogP contribution in [0.5, 0.6) is 0 Å². The van der Waals surface area contributed by atoms with Crippen LogP contribution in [0.15, 0.2) is 77.2 Å². The second-order valence-corrected chi connectivity index (χ2v) is 6.78. The van der Waals surface area contributed by atoms with Crippen molar-refractivity contribution in [3.63, 3.8) is 0 Å². The molecular weight excluding hydrogens is 300 g/mol. The van der Waals surface area contributed by atoms with E-state index in [4.69, 9.17) is 5.10 Å². The van der Waals surface area contributed by atoms with Crippen molar-refractivity contribution in [3.05, 3.63) is 88.1 Å². The summed E-state index contributed by atoms with van der Waals surface area (Å²) in [5.74, 6) is 0. The molecule has 3 aromatic rings. The molecule has 2 heterocycles. The molecule has 0 N–H and O–H groups in total. The lowest BCUT2D eigenvalue weighted by atomic mass is 10.00. The zero-order valence-corrected chi connectivity index (χ0v) is 13.8. The summed E-state index contributed by atoms with van der Waals surface area (Å²) in [6, 6.07) is 23.8. The predicted octanol–water partition coefficient (Wildman–Crippen LogP) is 5.41. The predicted molar refractivity (Wildman–Crippen MR) is 98.3 cm³/mol. The van der Waals surface area contributed by atoms with Crippen LogP contribution in [0.3, 0.4) is 0 Å². The Balaban J connectivity index is 1.74. The molecule has 0 spiro atoms. The fourth-order valence-electron chi connectivity index (χ4n) is 2.97. The van der Waals surface area contributed by atoms with Crippen LogP contribution < -0.4 is 5.01 Å². The average Bonchev–Trinajstić information content (AvgIpc) is 3.26. The van der Waals surface area contributed by atoms with Crippen molar-refractivity contribution in [3.8, 4) is 0 Å². The van der Waals surface area contributed by atoms with Gasteiger partial charge < -0.3 is 0 Å². The first kappa shape index (κ1) is 14.2. The first-order valence-electron chi connectivity index (χ1n) is 7.83. The summed E-state index contributed by atoms with van der Waals surface area (Å²) < 4.78 is 0. The number of nitrogens with zero attached hydrogens (tertiary/aromatic N) is 2. The Hall–Kier alpha value is -2.39. The fraction of sp³-hybridized carbons (Fsp3) is 0.150. The quantitative estimate of drug-likeness (QED) is 0.630. The number of aryl methyl sites for hydroxylation is 1. The van der Waals surface area contributed by atoms with Crippen LogP contribution >= 0.6 is 11.3 Å². The highest BCUT2D eigenvalue weighted by atomic mass is 32.1. The number of hydrazone groups is 1. The highest BCUT2D eigenvalue weighted by Crippen LogP contribution is 2.37. The molecule has 0 aliphatic carbocycles. The highest BCUT2D eigenvalue weighted by molar-refractivity contribution is 7.12. The van der Waals surface area contributed by atoms with Crippen molar-refractivity contribution in [2.75, 3.05) is 5.01 Å². The van der Waals surface area contributed by atoms with Crippen LogP contribution in [0.2, 0.25) is 0 Å². The summed E-state index contributed by atoms with van der Waals surface area (Å²) in [5.41, 5.74) is 4.92. The number of thiophene rings is 1. The second-order valence-electron chi connectivity index (χ2n) is 5.83. The SMILES string of the molecule is Cc1ccc([C@@H]2CC(c3cccs3)=NN2c2ccccc2)cc1. The Morgan fingerprint density at radius 1 is 0.957 bits per heavy atom. The maximum absolute atomic E-state index is 4.94. The monoisotopic (exact) mass is 318 g/mol. The van der Waals surface area contributed by atoms with Crippen molar-refractivity contribution in [1.82, 2.24) is 0 Å². The number of para-hydroxylation sites is 1. The Morgan fingerprint density at radius 3 is 2.43 bits per heavy atom. The van der Waals surface area contributed by atoms with Gasteiger partial charge in [0.15, 0.2) is 0 Å². The van der Waals surface area contributed by atoms with Crippen LogP contribution in [0, 0.1) is 6.92 Å². The standard InChI is InChI=1S/C20H18N2S/c1-15-9-11-16(12-10-15)19-14-18(20-8-5-13-23-20)21-22(19)17-6-3-2-4-7-17/h2-13,19H,14H2,1H3/t19-/m0/s1. The number of hydrogen-bond donors (Lipinski definition) is 0. The van der Waals surface area contributed by atoms with E-state index < -0.39 is 0 Å². The highest BCUT2D eigenvalue weighted by Gasteiger charge is 2.30. The van der Waals surface area contributed by atoms with Gasteiger partial charge in [0.2, 0.25) is 0 Å². The number of hydrogen-bond acceptors (Lipinski definition) is 3. The molecule has 0 fully saturated rings. The van der Waals surface area contributed by atoms with Gasteiger partial charge in [0.25, 0.3) is 0 Å². The molecule has 1 aliphatic rings. The summed E-state index contributed by atoms with van der Waals surface area (Å²) in [4.78, 5) is 1.26.